The molecule has 0 atom stereocenters. The number of imide groups is 1. The van der Waals surface area contributed by atoms with E-state index in [2.05, 4.69) is 35.3 Å². The Kier molecular flexibility index (Phi) is 7.04. The summed E-state index contributed by atoms with van der Waals surface area (Å²) in [7, 11) is -1.15. The Morgan fingerprint density at radius 1 is 1.30 bits per heavy atom. The Bertz CT molecular complexity index is 906. The Morgan fingerprint density at radius 2 is 2.07 bits per heavy atom. The summed E-state index contributed by atoms with van der Waals surface area (Å²) in [5.41, 5.74) is 1.50. The smallest absolute Gasteiger partial charge is 0.322 e. The van der Waals surface area contributed by atoms with Crippen LogP contribution < -0.4 is 10.6 Å². The predicted molar refractivity (Wildman–Crippen MR) is 114 cm³/mol. The highest BCUT2D eigenvalue weighted by Crippen LogP contribution is 2.40. The third kappa shape index (κ3) is 6.50. The van der Waals surface area contributed by atoms with Crippen molar-refractivity contribution in [3.63, 3.8) is 0 Å². The molecular weight excluding hydrogens is 403 g/mol. The molecular formula is C21H29FN4O3Si. The quantitative estimate of drug-likeness (QED) is 0.466. The zero-order chi connectivity index (χ0) is 21.7. The third-order valence-corrected chi connectivity index (χ3v) is 6.67. The second kappa shape index (κ2) is 9.52. The van der Waals surface area contributed by atoms with E-state index in [9.17, 15) is 14.0 Å². The minimum absolute atomic E-state index is 0.143. The maximum atomic E-state index is 14.2. The maximum Gasteiger partial charge on any atom is 0.322 e. The predicted octanol–water partition coefficient (Wildman–Crippen LogP) is 3.85. The van der Waals surface area contributed by atoms with Crippen molar-refractivity contribution in [3.05, 3.63) is 53.4 Å². The normalized spacial score (nSPS) is 13.9. The molecule has 0 spiro atoms. The molecule has 1 aromatic heterocycles. The van der Waals surface area contributed by atoms with Crippen molar-refractivity contribution in [2.75, 3.05) is 6.61 Å². The van der Waals surface area contributed by atoms with Crippen molar-refractivity contribution in [2.45, 2.75) is 57.7 Å². The van der Waals surface area contributed by atoms with Crippen LogP contribution in [0.1, 0.15) is 40.4 Å². The number of nitrogens with zero attached hydrogens (tertiary/aromatic N) is 2. The molecule has 2 aromatic rings. The van der Waals surface area contributed by atoms with E-state index in [1.807, 2.05) is 0 Å². The number of carbonyl (C=O) groups is 2. The van der Waals surface area contributed by atoms with Crippen LogP contribution in [0.3, 0.4) is 0 Å². The number of aromatic nitrogens is 2. The molecule has 0 bridgehead atoms. The van der Waals surface area contributed by atoms with Gasteiger partial charge in [0.15, 0.2) is 0 Å². The lowest BCUT2D eigenvalue weighted by Gasteiger charge is -2.16. The Hall–Kier alpha value is -2.52. The zero-order valence-corrected chi connectivity index (χ0v) is 18.7. The summed E-state index contributed by atoms with van der Waals surface area (Å²) >= 11 is 0. The van der Waals surface area contributed by atoms with E-state index in [4.69, 9.17) is 4.74 Å². The summed E-state index contributed by atoms with van der Waals surface area (Å²) in [4.78, 5) is 28.4. The molecule has 0 saturated heterocycles. The first-order chi connectivity index (χ1) is 14.2. The second-order valence-electron chi connectivity index (χ2n) is 8.85. The largest absolute Gasteiger partial charge is 0.361 e. The molecule has 1 aliphatic carbocycles. The lowest BCUT2D eigenvalue weighted by molar-refractivity contribution is 0.0850. The van der Waals surface area contributed by atoms with Crippen LogP contribution in [0.2, 0.25) is 25.7 Å². The summed E-state index contributed by atoms with van der Waals surface area (Å²) in [6, 6.07) is 4.92. The van der Waals surface area contributed by atoms with Crippen molar-refractivity contribution in [2.24, 2.45) is 0 Å². The fourth-order valence-electron chi connectivity index (χ4n) is 2.92. The van der Waals surface area contributed by atoms with Crippen LogP contribution in [0.25, 0.3) is 0 Å². The maximum absolute atomic E-state index is 14.2. The van der Waals surface area contributed by atoms with Crippen molar-refractivity contribution in [1.29, 1.82) is 0 Å². The number of imidazole rings is 1. The molecule has 0 unspecified atom stereocenters. The van der Waals surface area contributed by atoms with E-state index in [0.29, 0.717) is 19.3 Å². The summed E-state index contributed by atoms with van der Waals surface area (Å²) < 4.78 is 21.7. The Morgan fingerprint density at radius 3 is 2.73 bits per heavy atom. The molecule has 30 heavy (non-hydrogen) atoms. The summed E-state index contributed by atoms with van der Waals surface area (Å²) in [5.74, 6) is -0.988. The van der Waals surface area contributed by atoms with Crippen LogP contribution in [-0.2, 0) is 18.0 Å². The topological polar surface area (TPSA) is 85.2 Å². The molecule has 1 heterocycles. The number of rotatable bonds is 9. The van der Waals surface area contributed by atoms with Crippen LogP contribution in [0, 0.1) is 5.82 Å². The van der Waals surface area contributed by atoms with Gasteiger partial charge in [-0.25, -0.2) is 14.2 Å². The van der Waals surface area contributed by atoms with Crippen molar-refractivity contribution in [1.82, 2.24) is 20.2 Å². The molecule has 3 amide bonds. The van der Waals surface area contributed by atoms with Gasteiger partial charge in [-0.05, 0) is 42.5 Å². The van der Waals surface area contributed by atoms with E-state index < -0.39 is 25.8 Å². The highest BCUT2D eigenvalue weighted by molar-refractivity contribution is 6.76. The van der Waals surface area contributed by atoms with Gasteiger partial charge in [-0.2, -0.15) is 0 Å². The van der Waals surface area contributed by atoms with E-state index in [0.717, 1.165) is 30.1 Å². The Labute approximate surface area is 177 Å². The zero-order valence-electron chi connectivity index (χ0n) is 17.7. The number of benzene rings is 1. The standard InChI is InChI=1S/C21H29FN4O3Si/c1-30(2,3)9-8-29-14-26-13-23-11-17(26)12-24-21(28)25-20(27)18-7-6-16(10-19(18)22)15-4-5-15/h6-7,10-11,13,15H,4-5,8-9,12,14H2,1-3H3,(H2,24,25,27,28). The van der Waals surface area contributed by atoms with Gasteiger partial charge in [-0.1, -0.05) is 25.7 Å². The summed E-state index contributed by atoms with van der Waals surface area (Å²) in [5, 5.41) is 4.76. The second-order valence-corrected chi connectivity index (χ2v) is 14.5. The first kappa shape index (κ1) is 22.2. The lowest BCUT2D eigenvalue weighted by Crippen LogP contribution is -2.39. The fraction of sp³-hybridized carbons (Fsp3) is 0.476. The number of urea groups is 1. The van der Waals surface area contributed by atoms with Crippen LogP contribution in [-0.4, -0.2) is 36.2 Å². The number of hydrogen-bond donors (Lipinski definition) is 2. The molecule has 2 N–H and O–H groups in total. The first-order valence-electron chi connectivity index (χ1n) is 10.2. The molecule has 7 nitrogen and oxygen atoms in total. The fourth-order valence-corrected chi connectivity index (χ4v) is 3.68. The number of amides is 3. The van der Waals surface area contributed by atoms with E-state index in [-0.39, 0.29) is 12.1 Å². The number of nitrogens with one attached hydrogen (secondary N) is 2. The van der Waals surface area contributed by atoms with Gasteiger partial charge >= 0.3 is 6.03 Å². The molecule has 9 heteroatoms. The average Bonchev–Trinajstić information content (AvgIpc) is 3.42. The average molecular weight is 433 g/mol. The van der Waals surface area contributed by atoms with Crippen LogP contribution in [0.4, 0.5) is 9.18 Å². The van der Waals surface area contributed by atoms with Gasteiger partial charge in [0.05, 0.1) is 30.3 Å². The third-order valence-electron chi connectivity index (χ3n) is 4.97. The van der Waals surface area contributed by atoms with Crippen molar-refractivity contribution >= 4 is 20.0 Å². The summed E-state index contributed by atoms with van der Waals surface area (Å²) in [6.45, 7) is 8.06. The minimum Gasteiger partial charge on any atom is -0.361 e. The molecule has 0 aliphatic heterocycles. The molecule has 3 rings (SSSR count). The van der Waals surface area contributed by atoms with Crippen molar-refractivity contribution in [3.8, 4) is 0 Å². The monoisotopic (exact) mass is 432 g/mol. The SMILES string of the molecule is C[Si](C)(C)CCOCn1cncc1CNC(=O)NC(=O)c1ccc(C2CC2)cc1F. The van der Waals surface area contributed by atoms with Crippen LogP contribution >= 0.6 is 0 Å². The molecule has 1 aromatic carbocycles. The highest BCUT2D eigenvalue weighted by atomic mass is 28.3. The molecule has 1 aliphatic rings. The van der Waals surface area contributed by atoms with Gasteiger partial charge in [-0.3, -0.25) is 10.1 Å². The lowest BCUT2D eigenvalue weighted by atomic mass is 10.1. The summed E-state index contributed by atoms with van der Waals surface area (Å²) in [6.07, 6.45) is 5.35. The molecule has 1 fully saturated rings. The van der Waals surface area contributed by atoms with Gasteiger partial charge in [0.2, 0.25) is 0 Å². The molecule has 0 radical (unpaired) electrons. The van der Waals surface area contributed by atoms with Gasteiger partial charge in [0, 0.05) is 14.7 Å². The minimum atomic E-state index is -1.15. The Balaban J connectivity index is 1.46. The van der Waals surface area contributed by atoms with E-state index in [1.54, 1.807) is 23.2 Å². The van der Waals surface area contributed by atoms with Crippen LogP contribution in [0.5, 0.6) is 0 Å². The van der Waals surface area contributed by atoms with Crippen molar-refractivity contribution < 1.29 is 18.7 Å². The number of carbonyl (C=O) groups excluding carboxylic acids is 2. The number of halogens is 1. The van der Waals surface area contributed by atoms with Gasteiger partial charge in [0.25, 0.3) is 5.91 Å². The number of hydrogen-bond acceptors (Lipinski definition) is 4. The molecule has 162 valence electrons. The molecule has 1 saturated carbocycles. The van der Waals surface area contributed by atoms with Crippen LogP contribution in [0.15, 0.2) is 30.7 Å². The first-order valence-corrected chi connectivity index (χ1v) is 13.9. The van der Waals surface area contributed by atoms with E-state index >= 15 is 0 Å². The van der Waals surface area contributed by atoms with E-state index in [1.165, 1.54) is 12.1 Å². The van der Waals surface area contributed by atoms with Gasteiger partial charge < -0.3 is 14.6 Å². The highest BCUT2D eigenvalue weighted by Gasteiger charge is 2.25. The van der Waals surface area contributed by atoms with Gasteiger partial charge in [-0.15, -0.1) is 0 Å². The number of ether oxygens (including phenoxy) is 1. The van der Waals surface area contributed by atoms with Gasteiger partial charge in [0.1, 0.15) is 12.5 Å².